The van der Waals surface area contributed by atoms with Crippen molar-refractivity contribution in [3.63, 3.8) is 0 Å². The molecule has 1 unspecified atom stereocenters. The Morgan fingerprint density at radius 1 is 1.78 bits per heavy atom. The fourth-order valence-corrected chi connectivity index (χ4v) is 0.571. The van der Waals surface area contributed by atoms with Crippen LogP contribution in [0.25, 0.3) is 0 Å². The molecule has 3 nitrogen and oxygen atoms in total. The van der Waals surface area contributed by atoms with Gasteiger partial charge in [0, 0.05) is 6.92 Å². The molecule has 0 aromatic heterocycles. The lowest BCUT2D eigenvalue weighted by Gasteiger charge is -2.24. The Kier molecular flexibility index (Phi) is 1.31. The quantitative estimate of drug-likeness (QED) is 0.467. The van der Waals surface area contributed by atoms with Gasteiger partial charge in [-0.15, -0.1) is 0 Å². The van der Waals surface area contributed by atoms with Crippen LogP contribution in [0.15, 0.2) is 0 Å². The summed E-state index contributed by atoms with van der Waals surface area (Å²) in [5.41, 5.74) is 0. The minimum atomic E-state index is -1.82. The lowest BCUT2D eigenvalue weighted by atomic mass is 10.2. The second-order valence-electron chi connectivity index (χ2n) is 2.05. The van der Waals surface area contributed by atoms with Crippen LogP contribution in [-0.4, -0.2) is 18.6 Å². The second kappa shape index (κ2) is 1.86. The number of carbonyl (C=O) groups is 1. The Morgan fingerprint density at radius 2 is 2.44 bits per heavy atom. The molecule has 0 amide bonds. The van der Waals surface area contributed by atoms with Gasteiger partial charge in [0.05, 0.1) is 6.42 Å². The number of hydrogen-bond acceptors (Lipinski definition) is 3. The Hall–Kier alpha value is -0.800. The molecular formula is C5H7FO3. The number of ether oxygens (including phenoxy) is 2. The molecule has 0 aromatic carbocycles. The highest BCUT2D eigenvalue weighted by Crippen LogP contribution is 2.21. The molecule has 52 valence electrons. The molecule has 4 heteroatoms. The van der Waals surface area contributed by atoms with Gasteiger partial charge in [0.2, 0.25) is 0 Å². The summed E-state index contributed by atoms with van der Waals surface area (Å²) in [4.78, 5) is 10.2. The van der Waals surface area contributed by atoms with E-state index in [1.165, 1.54) is 6.92 Å². The van der Waals surface area contributed by atoms with Crippen molar-refractivity contribution in [3.8, 4) is 0 Å². The molecule has 0 saturated carbocycles. The Labute approximate surface area is 51.7 Å². The van der Waals surface area contributed by atoms with Crippen LogP contribution >= 0.6 is 0 Å². The molecule has 1 saturated heterocycles. The van der Waals surface area contributed by atoms with E-state index in [1.807, 2.05) is 0 Å². The van der Waals surface area contributed by atoms with E-state index >= 15 is 0 Å². The number of halogens is 1. The molecule has 0 spiro atoms. The number of cyclic esters (lactones) is 2. The van der Waals surface area contributed by atoms with Gasteiger partial charge in [-0.3, -0.25) is 0 Å². The summed E-state index contributed by atoms with van der Waals surface area (Å²) in [7, 11) is 0. The van der Waals surface area contributed by atoms with Crippen molar-refractivity contribution < 1.29 is 18.7 Å². The van der Waals surface area contributed by atoms with E-state index in [-0.39, 0.29) is 13.0 Å². The largest absolute Gasteiger partial charge is 0.511 e. The first kappa shape index (κ1) is 6.32. The summed E-state index contributed by atoms with van der Waals surface area (Å²) in [5, 5.41) is 0. The highest BCUT2D eigenvalue weighted by molar-refractivity contribution is 5.60. The van der Waals surface area contributed by atoms with Crippen molar-refractivity contribution in [2.45, 2.75) is 19.2 Å². The van der Waals surface area contributed by atoms with Crippen LogP contribution in [0.4, 0.5) is 9.18 Å². The van der Waals surface area contributed by atoms with Crippen molar-refractivity contribution >= 4 is 6.16 Å². The van der Waals surface area contributed by atoms with Crippen molar-refractivity contribution in [2.75, 3.05) is 6.61 Å². The molecule has 0 bridgehead atoms. The summed E-state index contributed by atoms with van der Waals surface area (Å²) < 4.78 is 21.1. The Bertz CT molecular complexity index is 132. The first-order chi connectivity index (χ1) is 4.10. The van der Waals surface area contributed by atoms with Gasteiger partial charge < -0.3 is 9.47 Å². The first-order valence-corrected chi connectivity index (χ1v) is 2.65. The third-order valence-corrected chi connectivity index (χ3v) is 1.06. The summed E-state index contributed by atoms with van der Waals surface area (Å²) in [5.74, 6) is -1.82. The second-order valence-corrected chi connectivity index (χ2v) is 2.05. The number of carbonyl (C=O) groups excluding carboxylic acids is 1. The van der Waals surface area contributed by atoms with E-state index < -0.39 is 12.0 Å². The third kappa shape index (κ3) is 1.55. The van der Waals surface area contributed by atoms with Gasteiger partial charge in [-0.2, -0.15) is 4.39 Å². The van der Waals surface area contributed by atoms with Crippen molar-refractivity contribution in [2.24, 2.45) is 0 Å². The molecule has 1 aliphatic heterocycles. The number of hydrogen-bond donors (Lipinski definition) is 0. The predicted octanol–water partition coefficient (Wildman–Crippen LogP) is 1.23. The third-order valence-electron chi connectivity index (χ3n) is 1.06. The lowest BCUT2D eigenvalue weighted by Crippen LogP contribution is -2.33. The topological polar surface area (TPSA) is 35.5 Å². The van der Waals surface area contributed by atoms with E-state index in [4.69, 9.17) is 0 Å². The van der Waals surface area contributed by atoms with Gasteiger partial charge in [-0.1, -0.05) is 0 Å². The molecule has 0 aliphatic carbocycles. The first-order valence-electron chi connectivity index (χ1n) is 2.65. The molecule has 1 aliphatic rings. The van der Waals surface area contributed by atoms with Crippen LogP contribution in [0.3, 0.4) is 0 Å². The number of rotatable bonds is 0. The lowest BCUT2D eigenvalue weighted by molar-refractivity contribution is -0.148. The molecule has 1 heterocycles. The molecule has 9 heavy (non-hydrogen) atoms. The van der Waals surface area contributed by atoms with Crippen LogP contribution in [0.2, 0.25) is 0 Å². The zero-order valence-corrected chi connectivity index (χ0v) is 5.02. The van der Waals surface area contributed by atoms with Gasteiger partial charge in [0.1, 0.15) is 6.61 Å². The van der Waals surface area contributed by atoms with Gasteiger partial charge >= 0.3 is 6.16 Å². The van der Waals surface area contributed by atoms with Gasteiger partial charge in [-0.05, 0) is 0 Å². The predicted molar refractivity (Wildman–Crippen MR) is 26.6 cm³/mol. The maximum atomic E-state index is 12.6. The summed E-state index contributed by atoms with van der Waals surface area (Å²) in [6.07, 6.45) is -0.815. The zero-order chi connectivity index (χ0) is 6.91. The smallest absolute Gasteiger partial charge is 0.434 e. The van der Waals surface area contributed by atoms with E-state index in [1.54, 1.807) is 0 Å². The average Bonchev–Trinajstić information content (AvgIpc) is 1.60. The van der Waals surface area contributed by atoms with Crippen LogP contribution < -0.4 is 0 Å². The van der Waals surface area contributed by atoms with Crippen molar-refractivity contribution in [1.29, 1.82) is 0 Å². The standard InChI is InChI=1S/C5H7FO3/c1-5(6)2-3-8-4(7)9-5/h2-3H2,1H3. The monoisotopic (exact) mass is 134 g/mol. The van der Waals surface area contributed by atoms with E-state index in [0.717, 1.165) is 0 Å². The minimum Gasteiger partial charge on any atom is -0.434 e. The fourth-order valence-electron chi connectivity index (χ4n) is 0.571. The van der Waals surface area contributed by atoms with Crippen LogP contribution in [0, 0.1) is 0 Å². The Balaban J connectivity index is 2.51. The fraction of sp³-hybridized carbons (Fsp3) is 0.800. The zero-order valence-electron chi connectivity index (χ0n) is 5.02. The van der Waals surface area contributed by atoms with Crippen LogP contribution in [0.1, 0.15) is 13.3 Å². The highest BCUT2D eigenvalue weighted by atomic mass is 19.2. The normalized spacial score (nSPS) is 35.1. The highest BCUT2D eigenvalue weighted by Gasteiger charge is 2.33. The maximum absolute atomic E-state index is 12.6. The maximum Gasteiger partial charge on any atom is 0.511 e. The van der Waals surface area contributed by atoms with Gasteiger partial charge in [0.25, 0.3) is 5.85 Å². The molecule has 1 rings (SSSR count). The van der Waals surface area contributed by atoms with Crippen molar-refractivity contribution in [3.05, 3.63) is 0 Å². The van der Waals surface area contributed by atoms with Gasteiger partial charge in [-0.25, -0.2) is 4.79 Å². The van der Waals surface area contributed by atoms with Crippen LogP contribution in [0.5, 0.6) is 0 Å². The SMILES string of the molecule is CC1(F)CCOC(=O)O1. The average molecular weight is 134 g/mol. The minimum absolute atomic E-state index is 0.103. The molecule has 1 atom stereocenters. The Morgan fingerprint density at radius 3 is 2.78 bits per heavy atom. The summed E-state index contributed by atoms with van der Waals surface area (Å²) >= 11 is 0. The summed E-state index contributed by atoms with van der Waals surface area (Å²) in [6, 6.07) is 0. The van der Waals surface area contributed by atoms with E-state index in [0.29, 0.717) is 0 Å². The van der Waals surface area contributed by atoms with Crippen LogP contribution in [-0.2, 0) is 9.47 Å². The molecule has 0 N–H and O–H groups in total. The molecule has 1 fully saturated rings. The van der Waals surface area contributed by atoms with Gasteiger partial charge in [0.15, 0.2) is 0 Å². The summed E-state index contributed by atoms with van der Waals surface area (Å²) in [6.45, 7) is 1.30. The molecular weight excluding hydrogens is 127 g/mol. The van der Waals surface area contributed by atoms with Crippen molar-refractivity contribution in [1.82, 2.24) is 0 Å². The van der Waals surface area contributed by atoms with E-state index in [2.05, 4.69) is 9.47 Å². The number of alkyl halides is 1. The molecule has 0 aromatic rings. The molecule has 0 radical (unpaired) electrons. The van der Waals surface area contributed by atoms with E-state index in [9.17, 15) is 9.18 Å².